The first-order valence-corrected chi connectivity index (χ1v) is 12.9. The third kappa shape index (κ3) is 5.36. The summed E-state index contributed by atoms with van der Waals surface area (Å²) in [5.41, 5.74) is 2.78. The number of fused-ring (bicyclic) bond motifs is 1. The Bertz CT molecular complexity index is 1590. The van der Waals surface area contributed by atoms with Gasteiger partial charge in [0, 0.05) is 29.5 Å². The van der Waals surface area contributed by atoms with Crippen molar-refractivity contribution < 1.29 is 19.4 Å². The largest absolute Gasteiger partial charge is 0.493 e. The number of hydrogen-bond acceptors (Lipinski definition) is 6. The second kappa shape index (κ2) is 11.0. The van der Waals surface area contributed by atoms with Crippen molar-refractivity contribution in [2.75, 3.05) is 6.61 Å². The van der Waals surface area contributed by atoms with Gasteiger partial charge in [-0.05, 0) is 61.7 Å². The average molecular weight is 524 g/mol. The average Bonchev–Trinajstić information content (AvgIpc) is 3.40. The summed E-state index contributed by atoms with van der Waals surface area (Å²) in [5.74, 6) is -3.13. The molecule has 1 fully saturated rings. The maximum absolute atomic E-state index is 13.4. The van der Waals surface area contributed by atoms with E-state index >= 15 is 0 Å². The zero-order valence-electron chi connectivity index (χ0n) is 21.6. The fourth-order valence-corrected chi connectivity index (χ4v) is 5.37. The first-order valence-electron chi connectivity index (χ1n) is 12.9. The predicted octanol–water partition coefficient (Wildman–Crippen LogP) is 4.80. The number of carboxylic acids is 1. The minimum absolute atomic E-state index is 0.237. The maximum Gasteiger partial charge on any atom is 0.307 e. The number of aryl methyl sites for hydroxylation is 1. The third-order valence-corrected chi connectivity index (χ3v) is 7.44. The maximum atomic E-state index is 13.4. The van der Waals surface area contributed by atoms with E-state index in [2.05, 4.69) is 16.9 Å². The van der Waals surface area contributed by atoms with Crippen LogP contribution in [0.4, 0.5) is 0 Å². The molecule has 1 aliphatic rings. The van der Waals surface area contributed by atoms with Crippen LogP contribution in [-0.2, 0) is 11.2 Å². The summed E-state index contributed by atoms with van der Waals surface area (Å²) in [7, 11) is 0. The van der Waals surface area contributed by atoms with Gasteiger partial charge in [0.2, 0.25) is 0 Å². The highest BCUT2D eigenvalue weighted by Crippen LogP contribution is 2.43. The molecule has 0 amide bonds. The monoisotopic (exact) mass is 523 g/mol. The standard InChI is InChI=1S/C31H29N3O5/c1-19-8-15-27-26(18-19)30(36)34(33-32-27)20(2)24-13-14-25(28(24)31(37)38)29(35)22-9-11-23(12-10-22)39-17-16-21-6-4-3-5-7-21/h3-12,15,18,24-25,28H,2,13-14,16-17H2,1H3,(H,37,38). The summed E-state index contributed by atoms with van der Waals surface area (Å²) in [6, 6.07) is 22.1. The van der Waals surface area contributed by atoms with Crippen molar-refractivity contribution in [3.8, 4) is 5.75 Å². The number of Topliss-reactive ketones (excluding diaryl/α,β-unsaturated/α-hetero) is 1. The van der Waals surface area contributed by atoms with Crippen molar-refractivity contribution in [2.45, 2.75) is 26.2 Å². The second-order valence-electron chi connectivity index (χ2n) is 9.95. The molecule has 1 heterocycles. The number of carbonyl (C=O) groups is 2. The number of ketones is 1. The van der Waals surface area contributed by atoms with Crippen LogP contribution in [0, 0.1) is 24.7 Å². The SMILES string of the molecule is C=C(C1CCC(C(=O)c2ccc(OCCc3ccccc3)cc2)C1C(=O)O)n1nnc2ccc(C)cc2c1=O. The molecule has 0 bridgehead atoms. The molecule has 5 rings (SSSR count). The number of carboxylic acid groups (broad SMARTS) is 1. The number of allylic oxidation sites excluding steroid dienone is 1. The van der Waals surface area contributed by atoms with Crippen LogP contribution < -0.4 is 10.3 Å². The van der Waals surface area contributed by atoms with Crippen LogP contribution in [0.15, 0.2) is 84.2 Å². The highest BCUT2D eigenvalue weighted by atomic mass is 16.5. The van der Waals surface area contributed by atoms with Crippen LogP contribution in [0.5, 0.6) is 5.75 Å². The molecule has 0 saturated heterocycles. The zero-order chi connectivity index (χ0) is 27.5. The molecule has 198 valence electrons. The second-order valence-corrected chi connectivity index (χ2v) is 9.95. The summed E-state index contributed by atoms with van der Waals surface area (Å²) in [4.78, 5) is 39.0. The van der Waals surface area contributed by atoms with Gasteiger partial charge in [-0.15, -0.1) is 5.10 Å². The van der Waals surface area contributed by atoms with Gasteiger partial charge >= 0.3 is 5.97 Å². The molecule has 1 N–H and O–H groups in total. The number of rotatable bonds is 9. The van der Waals surface area contributed by atoms with Crippen LogP contribution in [0.25, 0.3) is 16.6 Å². The number of aromatic nitrogens is 3. The number of carbonyl (C=O) groups excluding carboxylic acids is 1. The Morgan fingerprint density at radius 2 is 1.74 bits per heavy atom. The van der Waals surface area contributed by atoms with Crippen LogP contribution >= 0.6 is 0 Å². The lowest BCUT2D eigenvalue weighted by molar-refractivity contribution is -0.143. The third-order valence-electron chi connectivity index (χ3n) is 7.44. The molecule has 8 nitrogen and oxygen atoms in total. The van der Waals surface area contributed by atoms with Gasteiger partial charge in [0.25, 0.3) is 5.56 Å². The van der Waals surface area contributed by atoms with E-state index < -0.39 is 29.3 Å². The normalized spacial score (nSPS) is 18.6. The van der Waals surface area contributed by atoms with Gasteiger partial charge in [-0.3, -0.25) is 14.4 Å². The van der Waals surface area contributed by atoms with E-state index in [1.54, 1.807) is 36.4 Å². The van der Waals surface area contributed by atoms with Crippen LogP contribution in [0.2, 0.25) is 0 Å². The van der Waals surface area contributed by atoms with Crippen molar-refractivity contribution in [1.82, 2.24) is 15.0 Å². The van der Waals surface area contributed by atoms with Gasteiger partial charge < -0.3 is 9.84 Å². The lowest BCUT2D eigenvalue weighted by Crippen LogP contribution is -2.33. The lowest BCUT2D eigenvalue weighted by Gasteiger charge is -2.22. The smallest absolute Gasteiger partial charge is 0.307 e. The predicted molar refractivity (Wildman–Crippen MR) is 148 cm³/mol. The van der Waals surface area contributed by atoms with E-state index in [4.69, 9.17) is 4.74 Å². The summed E-state index contributed by atoms with van der Waals surface area (Å²) in [5, 5.41) is 18.6. The minimum Gasteiger partial charge on any atom is -0.493 e. The summed E-state index contributed by atoms with van der Waals surface area (Å²) in [6.45, 7) is 6.40. The Kier molecular flexibility index (Phi) is 7.36. The first kappa shape index (κ1) is 26.0. The summed E-state index contributed by atoms with van der Waals surface area (Å²) < 4.78 is 6.89. The molecule has 3 aromatic carbocycles. The van der Waals surface area contributed by atoms with Crippen LogP contribution in [-0.4, -0.2) is 38.5 Å². The number of nitrogens with zero attached hydrogens (tertiary/aromatic N) is 3. The fourth-order valence-electron chi connectivity index (χ4n) is 5.37. The molecule has 0 aliphatic heterocycles. The fraction of sp³-hybridized carbons (Fsp3) is 0.258. The number of aliphatic carboxylic acids is 1. The van der Waals surface area contributed by atoms with Gasteiger partial charge in [0.05, 0.1) is 17.9 Å². The van der Waals surface area contributed by atoms with E-state index in [1.165, 1.54) is 5.56 Å². The van der Waals surface area contributed by atoms with Crippen LogP contribution in [0.1, 0.15) is 34.3 Å². The first-order chi connectivity index (χ1) is 18.8. The summed E-state index contributed by atoms with van der Waals surface area (Å²) in [6.07, 6.45) is 1.52. The van der Waals surface area contributed by atoms with Crippen molar-refractivity contribution in [1.29, 1.82) is 0 Å². The van der Waals surface area contributed by atoms with Gasteiger partial charge in [0.15, 0.2) is 5.78 Å². The highest BCUT2D eigenvalue weighted by Gasteiger charge is 2.46. The molecule has 1 aromatic heterocycles. The van der Waals surface area contributed by atoms with E-state index in [1.807, 2.05) is 43.3 Å². The van der Waals surface area contributed by atoms with Crippen LogP contribution in [0.3, 0.4) is 0 Å². The molecule has 3 unspecified atom stereocenters. The number of ether oxygens (including phenoxy) is 1. The topological polar surface area (TPSA) is 111 Å². The van der Waals surface area contributed by atoms with Crippen molar-refractivity contribution in [2.24, 2.45) is 17.8 Å². The quantitative estimate of drug-likeness (QED) is 0.314. The Hall–Kier alpha value is -4.59. The molecule has 39 heavy (non-hydrogen) atoms. The molecule has 1 saturated carbocycles. The molecule has 1 aliphatic carbocycles. The Balaban J connectivity index is 1.30. The molecule has 4 aromatic rings. The molecular formula is C31H29N3O5. The number of hydrogen-bond donors (Lipinski definition) is 1. The zero-order valence-corrected chi connectivity index (χ0v) is 21.6. The molecule has 3 atom stereocenters. The summed E-state index contributed by atoms with van der Waals surface area (Å²) >= 11 is 0. The number of benzene rings is 3. The van der Waals surface area contributed by atoms with E-state index in [0.717, 1.165) is 16.7 Å². The van der Waals surface area contributed by atoms with E-state index in [0.29, 0.717) is 41.7 Å². The van der Waals surface area contributed by atoms with Crippen molar-refractivity contribution in [3.05, 3.63) is 106 Å². The highest BCUT2D eigenvalue weighted by molar-refractivity contribution is 6.00. The van der Waals surface area contributed by atoms with Gasteiger partial charge in [0.1, 0.15) is 11.3 Å². The van der Waals surface area contributed by atoms with Gasteiger partial charge in [-0.2, -0.15) is 4.68 Å². The van der Waals surface area contributed by atoms with Crippen molar-refractivity contribution in [3.63, 3.8) is 0 Å². The molecule has 0 radical (unpaired) electrons. The molecular weight excluding hydrogens is 494 g/mol. The van der Waals surface area contributed by atoms with E-state index in [-0.39, 0.29) is 11.5 Å². The Labute approximate surface area is 225 Å². The Morgan fingerprint density at radius 1 is 1.03 bits per heavy atom. The molecule has 8 heteroatoms. The van der Waals surface area contributed by atoms with Crippen molar-refractivity contribution >= 4 is 28.4 Å². The molecule has 0 spiro atoms. The Morgan fingerprint density at radius 3 is 2.46 bits per heavy atom. The van der Waals surface area contributed by atoms with Gasteiger partial charge in [-0.25, -0.2) is 0 Å². The minimum atomic E-state index is -1.10. The van der Waals surface area contributed by atoms with Gasteiger partial charge in [-0.1, -0.05) is 53.8 Å². The lowest BCUT2D eigenvalue weighted by atomic mass is 9.83. The van der Waals surface area contributed by atoms with E-state index in [9.17, 15) is 19.5 Å².